The average Bonchev–Trinajstić information content (AvgIpc) is 3.23. The van der Waals surface area contributed by atoms with E-state index in [0.29, 0.717) is 5.69 Å². The fraction of sp³-hybridized carbons (Fsp3) is 0.0952. The van der Waals surface area contributed by atoms with Crippen LogP contribution in [0.1, 0.15) is 10.5 Å². The standard InChI is InChI=1S/C21H18N6O3/c1-25-13-17(20(29)26(2)21(25)30)23-19(28)16-12-18(14-8-10-22-11-9-14)27(24-16)15-6-4-3-5-7-15/h3-13H,1-2H3,(H,23,28). The van der Waals surface area contributed by atoms with Gasteiger partial charge in [-0.25, -0.2) is 9.48 Å². The SMILES string of the molecule is Cn1cc(NC(=O)c2cc(-c3ccncc3)n(-c3ccccc3)n2)c(=O)n(C)c1=O. The zero-order valence-corrected chi connectivity index (χ0v) is 16.3. The molecule has 0 radical (unpaired) electrons. The van der Waals surface area contributed by atoms with Crippen LogP contribution in [0.25, 0.3) is 16.9 Å². The molecule has 4 aromatic rings. The van der Waals surface area contributed by atoms with Crippen LogP contribution >= 0.6 is 0 Å². The van der Waals surface area contributed by atoms with E-state index in [2.05, 4.69) is 15.4 Å². The number of para-hydroxylation sites is 1. The Bertz CT molecular complexity index is 1280. The smallest absolute Gasteiger partial charge is 0.315 e. The van der Waals surface area contributed by atoms with Crippen molar-refractivity contribution in [2.75, 3.05) is 5.32 Å². The van der Waals surface area contributed by atoms with E-state index in [0.717, 1.165) is 15.8 Å². The summed E-state index contributed by atoms with van der Waals surface area (Å²) in [5.74, 6) is -0.560. The maximum absolute atomic E-state index is 12.9. The minimum atomic E-state index is -0.594. The lowest BCUT2D eigenvalue weighted by Gasteiger charge is -2.07. The molecule has 0 atom stereocenters. The van der Waals surface area contributed by atoms with Crippen LogP contribution in [0.5, 0.6) is 0 Å². The number of carbonyl (C=O) groups excluding carboxylic acids is 1. The highest BCUT2D eigenvalue weighted by molar-refractivity contribution is 6.03. The van der Waals surface area contributed by atoms with E-state index in [4.69, 9.17) is 0 Å². The van der Waals surface area contributed by atoms with Crippen LogP contribution in [0, 0.1) is 0 Å². The number of nitrogens with one attached hydrogen (secondary N) is 1. The van der Waals surface area contributed by atoms with Crippen molar-refractivity contribution in [1.82, 2.24) is 23.9 Å². The van der Waals surface area contributed by atoms with Gasteiger partial charge in [-0.15, -0.1) is 0 Å². The first-order valence-electron chi connectivity index (χ1n) is 9.09. The Morgan fingerprint density at radius 2 is 1.70 bits per heavy atom. The summed E-state index contributed by atoms with van der Waals surface area (Å²) in [6.07, 6.45) is 4.61. The van der Waals surface area contributed by atoms with E-state index in [1.54, 1.807) is 23.1 Å². The number of nitrogens with zero attached hydrogens (tertiary/aromatic N) is 5. The molecule has 0 saturated carbocycles. The van der Waals surface area contributed by atoms with E-state index in [1.807, 2.05) is 42.5 Å². The van der Waals surface area contributed by atoms with Gasteiger partial charge in [0.25, 0.3) is 11.5 Å². The predicted molar refractivity (Wildman–Crippen MR) is 112 cm³/mol. The molecule has 0 aliphatic rings. The molecular weight excluding hydrogens is 384 g/mol. The van der Waals surface area contributed by atoms with Gasteiger partial charge in [0, 0.05) is 38.2 Å². The van der Waals surface area contributed by atoms with Gasteiger partial charge in [-0.3, -0.25) is 19.1 Å². The van der Waals surface area contributed by atoms with Gasteiger partial charge < -0.3 is 9.88 Å². The first-order valence-corrected chi connectivity index (χ1v) is 9.09. The van der Waals surface area contributed by atoms with Crippen molar-refractivity contribution >= 4 is 11.6 Å². The largest absolute Gasteiger partial charge is 0.330 e. The summed E-state index contributed by atoms with van der Waals surface area (Å²) in [5, 5.41) is 7.01. The maximum Gasteiger partial charge on any atom is 0.330 e. The first kappa shape index (κ1) is 19.1. The second-order valence-electron chi connectivity index (χ2n) is 6.65. The van der Waals surface area contributed by atoms with Gasteiger partial charge in [0.15, 0.2) is 5.69 Å². The molecule has 9 nitrogen and oxygen atoms in total. The van der Waals surface area contributed by atoms with Crippen molar-refractivity contribution in [3.05, 3.63) is 93.7 Å². The summed E-state index contributed by atoms with van der Waals surface area (Å²) in [7, 11) is 2.86. The normalized spacial score (nSPS) is 10.7. The van der Waals surface area contributed by atoms with Gasteiger partial charge in [-0.1, -0.05) is 18.2 Å². The number of carbonyl (C=O) groups is 1. The zero-order chi connectivity index (χ0) is 21.3. The van der Waals surface area contributed by atoms with E-state index < -0.39 is 17.2 Å². The molecule has 150 valence electrons. The van der Waals surface area contributed by atoms with Crippen LogP contribution in [-0.2, 0) is 14.1 Å². The number of hydrogen-bond donors (Lipinski definition) is 1. The van der Waals surface area contributed by atoms with Crippen LogP contribution in [-0.4, -0.2) is 29.8 Å². The van der Waals surface area contributed by atoms with E-state index in [9.17, 15) is 14.4 Å². The molecule has 0 aliphatic heterocycles. The van der Waals surface area contributed by atoms with Crippen molar-refractivity contribution < 1.29 is 4.79 Å². The van der Waals surface area contributed by atoms with Crippen molar-refractivity contribution in [1.29, 1.82) is 0 Å². The summed E-state index contributed by atoms with van der Waals surface area (Å²) in [6, 6.07) is 14.7. The van der Waals surface area contributed by atoms with E-state index in [1.165, 1.54) is 24.9 Å². The van der Waals surface area contributed by atoms with Crippen molar-refractivity contribution in [2.24, 2.45) is 14.1 Å². The summed E-state index contributed by atoms with van der Waals surface area (Å²) >= 11 is 0. The lowest BCUT2D eigenvalue weighted by Crippen LogP contribution is -2.38. The molecule has 4 rings (SSSR count). The van der Waals surface area contributed by atoms with Gasteiger partial charge in [-0.05, 0) is 30.3 Å². The number of rotatable bonds is 4. The molecule has 1 aromatic carbocycles. The Morgan fingerprint density at radius 3 is 2.40 bits per heavy atom. The minimum absolute atomic E-state index is 0.00989. The monoisotopic (exact) mass is 402 g/mol. The molecule has 0 unspecified atom stereocenters. The molecule has 3 aromatic heterocycles. The second-order valence-corrected chi connectivity index (χ2v) is 6.65. The highest BCUT2D eigenvalue weighted by Crippen LogP contribution is 2.23. The predicted octanol–water partition coefficient (Wildman–Crippen LogP) is 1.58. The first-order chi connectivity index (χ1) is 14.5. The number of pyridine rings is 1. The zero-order valence-electron chi connectivity index (χ0n) is 16.3. The molecular formula is C21H18N6O3. The Kier molecular flexibility index (Phi) is 4.85. The van der Waals surface area contributed by atoms with Gasteiger partial charge in [0.05, 0.1) is 11.4 Å². The molecule has 0 bridgehead atoms. The number of hydrogen-bond acceptors (Lipinski definition) is 5. The Morgan fingerprint density at radius 1 is 1.00 bits per heavy atom. The van der Waals surface area contributed by atoms with Crippen LogP contribution < -0.4 is 16.6 Å². The summed E-state index contributed by atoms with van der Waals surface area (Å²) in [5.41, 5.74) is 1.35. The highest BCUT2D eigenvalue weighted by atomic mass is 16.2. The van der Waals surface area contributed by atoms with Crippen LogP contribution in [0.4, 0.5) is 5.69 Å². The number of aryl methyl sites for hydroxylation is 1. The third kappa shape index (κ3) is 3.44. The molecule has 30 heavy (non-hydrogen) atoms. The minimum Gasteiger partial charge on any atom is -0.315 e. The quantitative estimate of drug-likeness (QED) is 0.558. The Labute approximate surface area is 170 Å². The van der Waals surface area contributed by atoms with Crippen LogP contribution in [0.3, 0.4) is 0 Å². The Hall–Kier alpha value is -4.27. The second kappa shape index (κ2) is 7.63. The molecule has 0 spiro atoms. The molecule has 1 amide bonds. The number of benzene rings is 1. The van der Waals surface area contributed by atoms with Gasteiger partial charge in [0.1, 0.15) is 5.69 Å². The number of anilines is 1. The summed E-state index contributed by atoms with van der Waals surface area (Å²) < 4.78 is 3.81. The van der Waals surface area contributed by atoms with Crippen molar-refractivity contribution in [2.45, 2.75) is 0 Å². The van der Waals surface area contributed by atoms with Crippen LogP contribution in [0.2, 0.25) is 0 Å². The molecule has 3 heterocycles. The maximum atomic E-state index is 12.9. The lowest BCUT2D eigenvalue weighted by molar-refractivity contribution is 0.102. The molecule has 0 fully saturated rings. The topological polar surface area (TPSA) is 104 Å². The van der Waals surface area contributed by atoms with E-state index in [-0.39, 0.29) is 11.4 Å². The lowest BCUT2D eigenvalue weighted by atomic mass is 10.2. The van der Waals surface area contributed by atoms with Crippen molar-refractivity contribution in [3.8, 4) is 16.9 Å². The van der Waals surface area contributed by atoms with Crippen LogP contribution in [0.15, 0.2) is 76.7 Å². The Balaban J connectivity index is 1.77. The van der Waals surface area contributed by atoms with Crippen molar-refractivity contribution in [3.63, 3.8) is 0 Å². The average molecular weight is 402 g/mol. The summed E-state index contributed by atoms with van der Waals surface area (Å²) in [6.45, 7) is 0. The number of aromatic nitrogens is 5. The molecule has 9 heteroatoms. The molecule has 0 saturated heterocycles. The highest BCUT2D eigenvalue weighted by Gasteiger charge is 2.18. The number of amides is 1. The third-order valence-corrected chi connectivity index (χ3v) is 4.61. The molecule has 0 aliphatic carbocycles. The van der Waals surface area contributed by atoms with E-state index >= 15 is 0 Å². The van der Waals surface area contributed by atoms with Gasteiger partial charge in [-0.2, -0.15) is 5.10 Å². The summed E-state index contributed by atoms with van der Waals surface area (Å²) in [4.78, 5) is 41.1. The van der Waals surface area contributed by atoms with Gasteiger partial charge in [0.2, 0.25) is 0 Å². The molecule has 1 N–H and O–H groups in total. The van der Waals surface area contributed by atoms with Gasteiger partial charge >= 0.3 is 5.69 Å². The third-order valence-electron chi connectivity index (χ3n) is 4.61. The fourth-order valence-electron chi connectivity index (χ4n) is 3.07. The fourth-order valence-corrected chi connectivity index (χ4v) is 3.07.